The van der Waals surface area contributed by atoms with Gasteiger partial charge in [-0.1, -0.05) is 65.6 Å². The van der Waals surface area contributed by atoms with E-state index in [-0.39, 0.29) is 13.2 Å². The maximum Gasteiger partial charge on any atom is 0.418 e. The summed E-state index contributed by atoms with van der Waals surface area (Å²) in [5.74, 6) is -4.01. The van der Waals surface area contributed by atoms with Crippen molar-refractivity contribution in [2.75, 3.05) is 11.5 Å². The lowest BCUT2D eigenvalue weighted by Gasteiger charge is -2.30. The fourth-order valence-electron chi connectivity index (χ4n) is 4.76. The fraction of sp³-hybridized carbons (Fsp3) is 0.280. The summed E-state index contributed by atoms with van der Waals surface area (Å²) in [5.41, 5.74) is -0.986. The first-order valence-corrected chi connectivity index (χ1v) is 13.0. The Bertz CT molecular complexity index is 1450. The average molecular weight is 549 g/mol. The van der Waals surface area contributed by atoms with Gasteiger partial charge in [0, 0.05) is 10.8 Å². The summed E-state index contributed by atoms with van der Waals surface area (Å²) >= 11 is 1.78. The number of fused-ring (bicyclic) bond motifs is 2. The van der Waals surface area contributed by atoms with E-state index in [9.17, 15) is 32.3 Å². The number of carbonyl (C=O) groups excluding carboxylic acids is 3. The van der Waals surface area contributed by atoms with Crippen LogP contribution in [0.4, 0.5) is 18.9 Å². The van der Waals surface area contributed by atoms with Crippen LogP contribution in [0.25, 0.3) is 0 Å². The lowest BCUT2D eigenvalue weighted by molar-refractivity contribution is -0.144. The van der Waals surface area contributed by atoms with E-state index in [0.29, 0.717) is 20.4 Å². The molecule has 3 aromatic rings. The van der Waals surface area contributed by atoms with Gasteiger partial charge in [-0.2, -0.15) is 13.2 Å². The molecule has 0 bridgehead atoms. The molecule has 2 aromatic carbocycles. The molecule has 0 aliphatic carbocycles. The highest BCUT2D eigenvalue weighted by molar-refractivity contribution is 8.00. The van der Waals surface area contributed by atoms with Crippen LogP contribution in [0.5, 0.6) is 0 Å². The lowest BCUT2D eigenvalue weighted by Crippen LogP contribution is -2.33. The van der Waals surface area contributed by atoms with Crippen molar-refractivity contribution in [2.45, 2.75) is 35.8 Å². The quantitative estimate of drug-likeness (QED) is 0.350. The number of halogens is 3. The van der Waals surface area contributed by atoms with Gasteiger partial charge >= 0.3 is 17.0 Å². The number of nitrogens with zero attached hydrogens (tertiary/aromatic N) is 2. The number of benzene rings is 2. The van der Waals surface area contributed by atoms with Crippen molar-refractivity contribution >= 4 is 46.6 Å². The minimum Gasteiger partial charge on any atom is -0.465 e. The van der Waals surface area contributed by atoms with E-state index in [4.69, 9.17) is 4.74 Å². The van der Waals surface area contributed by atoms with Crippen LogP contribution in [0.3, 0.4) is 0 Å². The minimum absolute atomic E-state index is 0.116. The number of rotatable bonds is 5. The molecule has 0 radical (unpaired) electrons. The van der Waals surface area contributed by atoms with Gasteiger partial charge in [-0.05, 0) is 24.6 Å². The number of carbonyl (C=O) groups is 3. The van der Waals surface area contributed by atoms with Crippen molar-refractivity contribution in [3.05, 3.63) is 80.3 Å². The number of anilines is 1. The van der Waals surface area contributed by atoms with Crippen LogP contribution in [-0.4, -0.2) is 34.2 Å². The highest BCUT2D eigenvalue weighted by Crippen LogP contribution is 2.54. The standard InChI is InChI=1S/C25H19F3N2O5S2/c1-2-35-16(31)12-29-23-20(37-24(29)34)17(13-8-4-3-5-9-13)18-19(36-23)22(33)30(21(18)32)15-11-7-6-10-14(15)25(26,27)28/h3-11,17-19H,2,12H2,1H3. The zero-order valence-electron chi connectivity index (χ0n) is 19.2. The van der Waals surface area contributed by atoms with E-state index in [1.807, 2.05) is 0 Å². The minimum atomic E-state index is -4.78. The van der Waals surface area contributed by atoms with Crippen LogP contribution in [0.2, 0.25) is 0 Å². The number of thioether (sulfide) groups is 1. The lowest BCUT2D eigenvalue weighted by atomic mass is 9.83. The first-order chi connectivity index (χ1) is 17.6. The van der Waals surface area contributed by atoms with Crippen LogP contribution in [0.1, 0.15) is 28.8 Å². The molecule has 1 fully saturated rings. The number of thiazole rings is 1. The van der Waals surface area contributed by atoms with Gasteiger partial charge in [0.05, 0.1) is 28.8 Å². The monoisotopic (exact) mass is 548 g/mol. The first-order valence-electron chi connectivity index (χ1n) is 11.3. The molecule has 1 saturated heterocycles. The molecular weight excluding hydrogens is 529 g/mol. The molecular formula is C25H19F3N2O5S2. The molecule has 3 heterocycles. The third kappa shape index (κ3) is 4.27. The SMILES string of the molecule is CCOC(=O)Cn1c2c(sc1=O)C(c1ccccc1)C1C(=O)N(c3ccccc3C(F)(F)F)C(=O)C1S2. The topological polar surface area (TPSA) is 85.7 Å². The molecule has 3 unspecified atom stereocenters. The van der Waals surface area contributed by atoms with E-state index < -0.39 is 57.2 Å². The zero-order chi connectivity index (χ0) is 26.5. The van der Waals surface area contributed by atoms with E-state index in [1.165, 1.54) is 16.7 Å². The summed E-state index contributed by atoms with van der Waals surface area (Å²) < 4.78 is 47.5. The van der Waals surface area contributed by atoms with Crippen LogP contribution in [0.15, 0.2) is 64.4 Å². The molecule has 2 aliphatic heterocycles. The number of ether oxygens (including phenoxy) is 1. The van der Waals surface area contributed by atoms with Gasteiger partial charge < -0.3 is 4.74 Å². The molecule has 0 saturated carbocycles. The van der Waals surface area contributed by atoms with Gasteiger partial charge in [-0.25, -0.2) is 4.90 Å². The number of imide groups is 1. The van der Waals surface area contributed by atoms with Crippen molar-refractivity contribution in [1.29, 1.82) is 0 Å². The predicted molar refractivity (Wildman–Crippen MR) is 131 cm³/mol. The summed E-state index contributed by atoms with van der Waals surface area (Å²) in [7, 11) is 0. The summed E-state index contributed by atoms with van der Waals surface area (Å²) in [6, 6.07) is 13.2. The number of aromatic nitrogens is 1. The molecule has 37 heavy (non-hydrogen) atoms. The van der Waals surface area contributed by atoms with Gasteiger partial charge in [0.1, 0.15) is 11.8 Å². The van der Waals surface area contributed by atoms with Crippen LogP contribution in [-0.2, 0) is 31.8 Å². The van der Waals surface area contributed by atoms with Gasteiger partial charge in [0.25, 0.3) is 0 Å². The Morgan fingerprint density at radius 1 is 1.00 bits per heavy atom. The van der Waals surface area contributed by atoms with Crippen molar-refractivity contribution < 1.29 is 32.3 Å². The third-order valence-corrected chi connectivity index (χ3v) is 8.85. The van der Waals surface area contributed by atoms with Gasteiger partial charge in [-0.3, -0.25) is 23.7 Å². The normalized spacial score (nSPS) is 21.1. The second kappa shape index (κ2) is 9.49. The molecule has 5 rings (SSSR count). The second-order valence-corrected chi connectivity index (χ2v) is 10.5. The van der Waals surface area contributed by atoms with E-state index >= 15 is 0 Å². The largest absolute Gasteiger partial charge is 0.465 e. The molecule has 1 aromatic heterocycles. The van der Waals surface area contributed by atoms with Crippen molar-refractivity contribution in [3.8, 4) is 0 Å². The molecule has 2 aliphatic rings. The van der Waals surface area contributed by atoms with Gasteiger partial charge in [-0.15, -0.1) is 0 Å². The molecule has 0 spiro atoms. The predicted octanol–water partition coefficient (Wildman–Crippen LogP) is 4.29. The Kier molecular flexibility index (Phi) is 6.48. The Balaban J connectivity index is 1.65. The van der Waals surface area contributed by atoms with Crippen LogP contribution < -0.4 is 9.77 Å². The van der Waals surface area contributed by atoms with Gasteiger partial charge in [0.15, 0.2) is 0 Å². The molecule has 7 nitrogen and oxygen atoms in total. The molecule has 12 heteroatoms. The Morgan fingerprint density at radius 2 is 1.68 bits per heavy atom. The summed E-state index contributed by atoms with van der Waals surface area (Å²) in [5, 5.41) is -0.751. The highest BCUT2D eigenvalue weighted by Gasteiger charge is 2.57. The number of para-hydroxylation sites is 1. The maximum atomic E-state index is 13.8. The number of alkyl halides is 3. The molecule has 192 valence electrons. The highest BCUT2D eigenvalue weighted by atomic mass is 32.2. The average Bonchev–Trinajstić information content (AvgIpc) is 3.30. The smallest absolute Gasteiger partial charge is 0.418 e. The summed E-state index contributed by atoms with van der Waals surface area (Å²) in [6.07, 6.45) is -4.78. The van der Waals surface area contributed by atoms with Gasteiger partial charge in [0.2, 0.25) is 11.8 Å². The third-order valence-electron chi connectivity index (χ3n) is 6.25. The Hall–Kier alpha value is -3.38. The molecule has 2 amide bonds. The Labute approximate surface area is 216 Å². The van der Waals surface area contributed by atoms with E-state index in [1.54, 1.807) is 37.3 Å². The second-order valence-electron chi connectivity index (χ2n) is 8.41. The Morgan fingerprint density at radius 3 is 2.35 bits per heavy atom. The summed E-state index contributed by atoms with van der Waals surface area (Å²) in [4.78, 5) is 53.1. The van der Waals surface area contributed by atoms with Crippen molar-refractivity contribution in [2.24, 2.45) is 5.92 Å². The molecule has 0 N–H and O–H groups in total. The van der Waals surface area contributed by atoms with Crippen molar-refractivity contribution in [1.82, 2.24) is 4.57 Å². The maximum absolute atomic E-state index is 13.8. The van der Waals surface area contributed by atoms with E-state index in [2.05, 4.69) is 0 Å². The van der Waals surface area contributed by atoms with E-state index in [0.717, 1.165) is 35.2 Å². The summed E-state index contributed by atoms with van der Waals surface area (Å²) in [6.45, 7) is 1.36. The van der Waals surface area contributed by atoms with Crippen LogP contribution in [0, 0.1) is 5.92 Å². The zero-order valence-corrected chi connectivity index (χ0v) is 20.9. The fourth-order valence-corrected chi connectivity index (χ4v) is 7.53. The number of hydrogen-bond donors (Lipinski definition) is 0. The number of esters is 1. The number of amides is 2. The number of hydrogen-bond acceptors (Lipinski definition) is 7. The first kappa shape index (κ1) is 25.3. The van der Waals surface area contributed by atoms with Crippen molar-refractivity contribution in [3.63, 3.8) is 0 Å². The van der Waals surface area contributed by atoms with Crippen LogP contribution >= 0.6 is 23.1 Å². The molecule has 3 atom stereocenters.